The van der Waals surface area contributed by atoms with E-state index in [1.807, 2.05) is 42.5 Å². The van der Waals surface area contributed by atoms with Crippen molar-refractivity contribution in [2.24, 2.45) is 0 Å². The van der Waals surface area contributed by atoms with Crippen molar-refractivity contribution in [1.29, 1.82) is 0 Å². The van der Waals surface area contributed by atoms with Gasteiger partial charge in [0.1, 0.15) is 0 Å². The Morgan fingerprint density at radius 1 is 1.27 bits per heavy atom. The van der Waals surface area contributed by atoms with Crippen LogP contribution in [0.1, 0.15) is 25.3 Å². The molecule has 0 bridgehead atoms. The summed E-state index contributed by atoms with van der Waals surface area (Å²) in [6, 6.07) is 11.6. The lowest BCUT2D eigenvalue weighted by atomic mass is 10.2. The lowest BCUT2D eigenvalue weighted by molar-refractivity contribution is 0.775. The van der Waals surface area contributed by atoms with Gasteiger partial charge in [-0.2, -0.15) is 0 Å². The van der Waals surface area contributed by atoms with Gasteiger partial charge in [-0.25, -0.2) is 0 Å². The Hall–Kier alpha value is -0.893. The Balaban J connectivity index is 2.27. The van der Waals surface area contributed by atoms with E-state index in [4.69, 9.17) is 0 Å². The number of hydrogen-bond acceptors (Lipinski definition) is 0. The normalized spacial score (nSPS) is 13.2. The molecule has 1 aromatic rings. The van der Waals surface area contributed by atoms with Gasteiger partial charge in [0.25, 0.3) is 0 Å². The number of benzene rings is 1. The fourth-order valence-corrected chi connectivity index (χ4v) is 2.98. The van der Waals surface area contributed by atoms with Gasteiger partial charge < -0.3 is 4.11 Å². The monoisotopic (exact) mass is 222 g/mol. The summed E-state index contributed by atoms with van der Waals surface area (Å²) in [5, 5.41) is 0. The Kier molecular flexibility index (Phi) is 6.01. The van der Waals surface area contributed by atoms with E-state index >= 15 is 0 Å². The largest absolute Gasteiger partial charge is 0.318 e. The zero-order chi connectivity index (χ0) is 10.9. The molecule has 0 fully saturated rings. The van der Waals surface area contributed by atoms with Crippen LogP contribution in [0, 0.1) is 0 Å². The highest BCUT2D eigenvalue weighted by atomic mass is 28.3. The van der Waals surface area contributed by atoms with Crippen molar-refractivity contribution in [3.05, 3.63) is 42.0 Å². The Labute approximate surface area is 93.6 Å². The molecule has 0 radical (unpaired) electrons. The van der Waals surface area contributed by atoms with E-state index in [-0.39, 0.29) is 0 Å². The second-order valence-electron chi connectivity index (χ2n) is 3.79. The maximum absolute atomic E-state index is 13.4. The van der Waals surface area contributed by atoms with Gasteiger partial charge in [-0.3, -0.25) is 0 Å². The molecule has 1 aromatic carbocycles. The molecular weight excluding hydrogens is 203 g/mol. The fourth-order valence-electron chi connectivity index (χ4n) is 1.46. The van der Waals surface area contributed by atoms with Crippen LogP contribution in [0.5, 0.6) is 0 Å². The van der Waals surface area contributed by atoms with E-state index in [0.29, 0.717) is 6.04 Å². The van der Waals surface area contributed by atoms with Crippen molar-refractivity contribution >= 4 is 15.2 Å². The van der Waals surface area contributed by atoms with E-state index < -0.39 is 9.13 Å². The van der Waals surface area contributed by atoms with E-state index in [0.717, 1.165) is 24.4 Å². The second-order valence-corrected chi connectivity index (χ2v) is 6.03. The summed E-state index contributed by atoms with van der Waals surface area (Å²) in [6.45, 7) is 2.11. The van der Waals surface area contributed by atoms with E-state index in [1.165, 1.54) is 0 Å². The van der Waals surface area contributed by atoms with E-state index in [9.17, 15) is 4.11 Å². The molecule has 0 saturated carbocycles. The van der Waals surface area contributed by atoms with Gasteiger partial charge in [-0.05, 0) is 17.7 Å². The van der Waals surface area contributed by atoms with Gasteiger partial charge in [-0.1, -0.05) is 62.2 Å². The molecule has 1 atom stereocenters. The lowest BCUT2D eigenvalue weighted by Crippen LogP contribution is -2.01. The fraction of sp³-hybridized carbons (Fsp3) is 0.385. The molecule has 0 heterocycles. The first-order valence-corrected chi connectivity index (χ1v) is 7.75. The first kappa shape index (κ1) is 12.2. The number of unbranched alkanes of at least 4 members (excludes halogenated alkanes) is 1. The molecule has 15 heavy (non-hydrogen) atoms. The van der Waals surface area contributed by atoms with Crippen LogP contribution in [-0.4, -0.2) is 9.13 Å². The topological polar surface area (TPSA) is 0 Å². The van der Waals surface area contributed by atoms with Crippen LogP contribution in [0.15, 0.2) is 36.4 Å². The predicted octanol–water partition coefficient (Wildman–Crippen LogP) is 4.19. The molecule has 0 aliphatic rings. The molecule has 0 N–H and O–H groups in total. The lowest BCUT2D eigenvalue weighted by Gasteiger charge is -2.00. The van der Waals surface area contributed by atoms with Gasteiger partial charge in [0.05, 0.1) is 0 Å². The van der Waals surface area contributed by atoms with E-state index in [2.05, 4.69) is 6.92 Å². The molecule has 0 aliphatic carbocycles. The zero-order valence-electron chi connectivity index (χ0n) is 9.33. The Morgan fingerprint density at radius 2 is 2.00 bits per heavy atom. The van der Waals surface area contributed by atoms with Crippen LogP contribution in [-0.2, 0) is 0 Å². The summed E-state index contributed by atoms with van der Waals surface area (Å²) < 4.78 is 13.4. The van der Waals surface area contributed by atoms with Gasteiger partial charge >= 0.3 is 0 Å². The number of rotatable bonds is 6. The third kappa shape index (κ3) is 5.53. The summed E-state index contributed by atoms with van der Waals surface area (Å²) in [6.07, 6.45) is 6.16. The van der Waals surface area contributed by atoms with Gasteiger partial charge in [0.15, 0.2) is 0 Å². The van der Waals surface area contributed by atoms with Crippen LogP contribution in [0.25, 0.3) is 6.08 Å². The maximum Gasteiger partial charge on any atom is 0.235 e. The minimum absolute atomic E-state index is 0.675. The smallest absolute Gasteiger partial charge is 0.235 e. The van der Waals surface area contributed by atoms with Crippen molar-refractivity contribution in [2.45, 2.75) is 31.9 Å². The number of hydrogen-bond donors (Lipinski definition) is 0. The third-order valence-electron chi connectivity index (χ3n) is 2.37. The van der Waals surface area contributed by atoms with E-state index in [1.54, 1.807) is 0 Å². The van der Waals surface area contributed by atoms with Crippen LogP contribution in [0.2, 0.25) is 12.1 Å². The van der Waals surface area contributed by atoms with Crippen LogP contribution in [0.3, 0.4) is 0 Å². The van der Waals surface area contributed by atoms with Crippen LogP contribution >= 0.6 is 0 Å². The zero-order valence-corrected chi connectivity index (χ0v) is 10.5. The van der Waals surface area contributed by atoms with Gasteiger partial charge in [0.2, 0.25) is 9.13 Å². The summed E-state index contributed by atoms with van der Waals surface area (Å²) in [7, 11) is -1.95. The highest BCUT2D eigenvalue weighted by Gasteiger charge is 2.05. The highest BCUT2D eigenvalue weighted by molar-refractivity contribution is 6.51. The molecule has 0 aromatic heterocycles. The second kappa shape index (κ2) is 7.41. The van der Waals surface area contributed by atoms with Crippen molar-refractivity contribution in [3.8, 4) is 0 Å². The predicted molar refractivity (Wildman–Crippen MR) is 68.3 cm³/mol. The summed E-state index contributed by atoms with van der Waals surface area (Å²) >= 11 is 0. The van der Waals surface area contributed by atoms with Crippen molar-refractivity contribution in [3.63, 3.8) is 0 Å². The van der Waals surface area contributed by atoms with Gasteiger partial charge in [-0.15, -0.1) is 0 Å². The Morgan fingerprint density at radius 3 is 2.67 bits per heavy atom. The minimum Gasteiger partial charge on any atom is -0.318 e. The SMILES string of the molecule is CCCC[SiH](F)CC=Cc1ccccc1. The molecule has 0 amide bonds. The van der Waals surface area contributed by atoms with Crippen molar-refractivity contribution < 1.29 is 4.11 Å². The third-order valence-corrected chi connectivity index (χ3v) is 4.19. The molecule has 0 spiro atoms. The number of allylic oxidation sites excluding steroid dienone is 1. The summed E-state index contributed by atoms with van der Waals surface area (Å²) in [4.78, 5) is 0. The maximum atomic E-state index is 13.4. The standard InChI is InChI=1S/C13H19FSi/c1-2-3-11-15(14)12-7-10-13-8-5-4-6-9-13/h4-10,15H,2-3,11-12H2,1H3. The van der Waals surface area contributed by atoms with Crippen molar-refractivity contribution in [2.75, 3.05) is 0 Å². The Bertz CT molecular complexity index is 282. The summed E-state index contributed by atoms with van der Waals surface area (Å²) in [5.41, 5.74) is 1.16. The highest BCUT2D eigenvalue weighted by Crippen LogP contribution is 2.09. The average Bonchev–Trinajstić information content (AvgIpc) is 2.28. The summed E-state index contributed by atoms with van der Waals surface area (Å²) in [5.74, 6) is 0. The molecular formula is C13H19FSi. The van der Waals surface area contributed by atoms with Gasteiger partial charge in [0, 0.05) is 0 Å². The number of halogens is 1. The molecule has 82 valence electrons. The van der Waals surface area contributed by atoms with Crippen LogP contribution in [0.4, 0.5) is 4.11 Å². The average molecular weight is 222 g/mol. The quantitative estimate of drug-likeness (QED) is 0.500. The molecule has 0 nitrogen and oxygen atoms in total. The first-order chi connectivity index (χ1) is 7.33. The molecule has 0 saturated heterocycles. The molecule has 2 heteroatoms. The first-order valence-electron chi connectivity index (χ1n) is 5.68. The van der Waals surface area contributed by atoms with Crippen molar-refractivity contribution in [1.82, 2.24) is 0 Å². The molecule has 1 rings (SSSR count). The molecule has 0 aliphatic heterocycles. The minimum atomic E-state index is -1.95. The van der Waals surface area contributed by atoms with Crippen LogP contribution < -0.4 is 0 Å². The molecule has 1 unspecified atom stereocenters.